The maximum absolute atomic E-state index is 12.9. The van der Waals surface area contributed by atoms with Crippen molar-refractivity contribution in [1.29, 1.82) is 0 Å². The predicted octanol–water partition coefficient (Wildman–Crippen LogP) is 3.13. The van der Waals surface area contributed by atoms with Crippen molar-refractivity contribution < 1.29 is 19.1 Å². The van der Waals surface area contributed by atoms with Crippen molar-refractivity contribution in [2.45, 2.75) is 39.2 Å². The van der Waals surface area contributed by atoms with Crippen molar-refractivity contribution in [2.24, 2.45) is 5.92 Å². The van der Waals surface area contributed by atoms with Crippen LogP contribution >= 0.6 is 11.6 Å². The molecule has 2 rings (SSSR count). The number of hydrogen-bond acceptors (Lipinski definition) is 4. The second-order valence-electron chi connectivity index (χ2n) is 7.01. The molecular weight excluding hydrogens is 368 g/mol. The number of hydrogen-bond donors (Lipinski definition) is 1. The van der Waals surface area contributed by atoms with Gasteiger partial charge in [-0.05, 0) is 51.3 Å². The molecule has 1 aliphatic rings. The maximum atomic E-state index is 12.9. The summed E-state index contributed by atoms with van der Waals surface area (Å²) >= 11 is 6.08. The van der Waals surface area contributed by atoms with Crippen LogP contribution in [0.3, 0.4) is 0 Å². The number of likely N-dealkylation sites (tertiary alicyclic amines) is 1. The Bertz CT molecular complexity index is 643. The molecular formula is C20H29ClN2O4. The van der Waals surface area contributed by atoms with E-state index >= 15 is 0 Å². The van der Waals surface area contributed by atoms with Gasteiger partial charge in [0.15, 0.2) is 0 Å². The van der Waals surface area contributed by atoms with Crippen LogP contribution in [0.15, 0.2) is 18.2 Å². The van der Waals surface area contributed by atoms with Crippen LogP contribution in [0.25, 0.3) is 0 Å². The van der Waals surface area contributed by atoms with Crippen molar-refractivity contribution in [3.8, 4) is 5.75 Å². The van der Waals surface area contributed by atoms with Gasteiger partial charge in [-0.2, -0.15) is 0 Å². The summed E-state index contributed by atoms with van der Waals surface area (Å²) in [5.41, 5.74) is 0.471. The first-order valence-corrected chi connectivity index (χ1v) is 9.82. The lowest BCUT2D eigenvalue weighted by molar-refractivity contribution is -0.126. The van der Waals surface area contributed by atoms with Crippen molar-refractivity contribution in [1.82, 2.24) is 10.2 Å². The van der Waals surface area contributed by atoms with Crippen LogP contribution < -0.4 is 10.1 Å². The number of nitrogens with zero attached hydrogens (tertiary/aromatic N) is 1. The Morgan fingerprint density at radius 2 is 2.00 bits per heavy atom. The van der Waals surface area contributed by atoms with Crippen molar-refractivity contribution in [3.05, 3.63) is 28.8 Å². The van der Waals surface area contributed by atoms with Gasteiger partial charge in [-0.15, -0.1) is 0 Å². The minimum Gasteiger partial charge on any atom is -0.490 e. The third-order valence-electron chi connectivity index (χ3n) is 4.51. The molecule has 1 aliphatic heterocycles. The zero-order valence-electron chi connectivity index (χ0n) is 16.3. The number of benzene rings is 1. The van der Waals surface area contributed by atoms with E-state index in [9.17, 15) is 9.59 Å². The van der Waals surface area contributed by atoms with Crippen molar-refractivity contribution in [3.63, 3.8) is 0 Å². The predicted molar refractivity (Wildman–Crippen MR) is 105 cm³/mol. The van der Waals surface area contributed by atoms with Gasteiger partial charge in [0.05, 0.1) is 11.7 Å². The van der Waals surface area contributed by atoms with E-state index in [0.29, 0.717) is 55.4 Å². The van der Waals surface area contributed by atoms with Gasteiger partial charge in [-0.3, -0.25) is 9.59 Å². The van der Waals surface area contributed by atoms with Crippen LogP contribution in [-0.4, -0.2) is 56.2 Å². The summed E-state index contributed by atoms with van der Waals surface area (Å²) in [7, 11) is 1.64. The van der Waals surface area contributed by atoms with Crippen LogP contribution in [0, 0.1) is 5.92 Å². The molecule has 6 nitrogen and oxygen atoms in total. The first kappa shape index (κ1) is 21.5. The van der Waals surface area contributed by atoms with E-state index in [4.69, 9.17) is 21.1 Å². The minimum absolute atomic E-state index is 0.0368. The molecule has 0 radical (unpaired) electrons. The van der Waals surface area contributed by atoms with E-state index in [0.717, 1.165) is 6.42 Å². The Hall–Kier alpha value is -1.79. The summed E-state index contributed by atoms with van der Waals surface area (Å²) in [6.07, 6.45) is 2.07. The molecule has 1 heterocycles. The number of halogens is 1. The average Bonchev–Trinajstić information content (AvgIpc) is 2.65. The van der Waals surface area contributed by atoms with Crippen LogP contribution in [0.2, 0.25) is 5.02 Å². The van der Waals surface area contributed by atoms with E-state index in [-0.39, 0.29) is 23.8 Å². The first-order valence-electron chi connectivity index (χ1n) is 9.44. The van der Waals surface area contributed by atoms with Gasteiger partial charge in [-0.1, -0.05) is 11.6 Å². The third kappa shape index (κ3) is 6.40. The lowest BCUT2D eigenvalue weighted by Crippen LogP contribution is -2.43. The molecule has 1 aromatic carbocycles. The summed E-state index contributed by atoms with van der Waals surface area (Å²) in [5.74, 6) is 0.441. The van der Waals surface area contributed by atoms with E-state index in [1.165, 1.54) is 0 Å². The fourth-order valence-corrected chi connectivity index (χ4v) is 3.29. The lowest BCUT2D eigenvalue weighted by atomic mass is 9.95. The molecule has 0 atom stereocenters. The molecule has 0 spiro atoms. The van der Waals surface area contributed by atoms with Gasteiger partial charge in [-0.25, -0.2) is 0 Å². The average molecular weight is 397 g/mol. The number of methoxy groups -OCH3 is 1. The minimum atomic E-state index is -0.105. The number of carbonyl (C=O) groups excluding carboxylic acids is 2. The molecule has 27 heavy (non-hydrogen) atoms. The molecule has 0 aromatic heterocycles. The molecule has 150 valence electrons. The van der Waals surface area contributed by atoms with Gasteiger partial charge in [0.2, 0.25) is 5.91 Å². The number of amides is 2. The molecule has 0 unspecified atom stereocenters. The normalized spacial score (nSPS) is 15.1. The SMILES string of the molecule is COCCCNC(=O)C1CCN(C(=O)c2cc(Cl)ccc2OC(C)C)CC1. The fraction of sp³-hybridized carbons (Fsp3) is 0.600. The second kappa shape index (κ2) is 10.5. The van der Waals surface area contributed by atoms with Crippen LogP contribution in [-0.2, 0) is 9.53 Å². The standard InChI is InChI=1S/C20H29ClN2O4/c1-14(2)27-18-6-5-16(21)13-17(18)20(25)23-10-7-15(8-11-23)19(24)22-9-4-12-26-3/h5-6,13-15H,4,7-12H2,1-3H3,(H,22,24). The van der Waals surface area contributed by atoms with Gasteiger partial charge in [0.1, 0.15) is 5.75 Å². The van der Waals surface area contributed by atoms with Crippen LogP contribution in [0.4, 0.5) is 0 Å². The molecule has 0 aliphatic carbocycles. The van der Waals surface area contributed by atoms with Gasteiger partial charge >= 0.3 is 0 Å². The van der Waals surface area contributed by atoms with Crippen LogP contribution in [0.1, 0.15) is 43.5 Å². The van der Waals surface area contributed by atoms with E-state index in [1.54, 1.807) is 30.2 Å². The molecule has 7 heteroatoms. The number of rotatable bonds is 8. The molecule has 1 fully saturated rings. The summed E-state index contributed by atoms with van der Waals surface area (Å²) in [5, 5.41) is 3.44. The Balaban J connectivity index is 1.93. The Morgan fingerprint density at radius 3 is 2.63 bits per heavy atom. The third-order valence-corrected chi connectivity index (χ3v) is 4.75. The highest BCUT2D eigenvalue weighted by Crippen LogP contribution is 2.27. The molecule has 0 saturated carbocycles. The molecule has 2 amide bonds. The zero-order chi connectivity index (χ0) is 19.8. The van der Waals surface area contributed by atoms with Gasteiger partial charge in [0.25, 0.3) is 5.91 Å². The fourth-order valence-electron chi connectivity index (χ4n) is 3.11. The van der Waals surface area contributed by atoms with Gasteiger partial charge < -0.3 is 19.7 Å². The summed E-state index contributed by atoms with van der Waals surface area (Å²) in [6.45, 7) is 6.17. The molecule has 1 saturated heterocycles. The molecule has 1 N–H and O–H groups in total. The Labute approximate surface area is 166 Å². The number of ether oxygens (including phenoxy) is 2. The quantitative estimate of drug-likeness (QED) is 0.685. The highest BCUT2D eigenvalue weighted by atomic mass is 35.5. The van der Waals surface area contributed by atoms with Crippen LogP contribution in [0.5, 0.6) is 5.75 Å². The number of carbonyl (C=O) groups is 2. The first-order chi connectivity index (χ1) is 12.9. The monoisotopic (exact) mass is 396 g/mol. The van der Waals surface area contributed by atoms with Crippen molar-refractivity contribution >= 4 is 23.4 Å². The molecule has 1 aromatic rings. The van der Waals surface area contributed by atoms with Crippen molar-refractivity contribution in [2.75, 3.05) is 33.4 Å². The topological polar surface area (TPSA) is 67.9 Å². The Morgan fingerprint density at radius 1 is 1.30 bits per heavy atom. The lowest BCUT2D eigenvalue weighted by Gasteiger charge is -2.32. The molecule has 0 bridgehead atoms. The van der Waals surface area contributed by atoms with E-state index < -0.39 is 0 Å². The summed E-state index contributed by atoms with van der Waals surface area (Å²) in [4.78, 5) is 27.0. The number of piperidine rings is 1. The highest BCUT2D eigenvalue weighted by molar-refractivity contribution is 6.31. The highest BCUT2D eigenvalue weighted by Gasteiger charge is 2.29. The smallest absolute Gasteiger partial charge is 0.257 e. The summed E-state index contributed by atoms with van der Waals surface area (Å²) < 4.78 is 10.7. The second-order valence-corrected chi connectivity index (χ2v) is 7.45. The van der Waals surface area contributed by atoms with E-state index in [2.05, 4.69) is 5.32 Å². The largest absolute Gasteiger partial charge is 0.490 e. The zero-order valence-corrected chi connectivity index (χ0v) is 17.1. The van der Waals surface area contributed by atoms with Gasteiger partial charge in [0, 0.05) is 44.3 Å². The van der Waals surface area contributed by atoms with E-state index in [1.807, 2.05) is 13.8 Å². The number of nitrogens with one attached hydrogen (secondary N) is 1. The summed E-state index contributed by atoms with van der Waals surface area (Å²) in [6, 6.07) is 5.10. The maximum Gasteiger partial charge on any atom is 0.257 e. The Kier molecular flexibility index (Phi) is 8.38.